The molecule has 0 aliphatic heterocycles. The minimum absolute atomic E-state index is 0.0168. The van der Waals surface area contributed by atoms with E-state index in [9.17, 15) is 19.2 Å². The fourth-order valence-corrected chi connectivity index (χ4v) is 2.58. The van der Waals surface area contributed by atoms with Crippen molar-refractivity contribution in [2.45, 2.75) is 39.0 Å². The molecule has 0 saturated heterocycles. The summed E-state index contributed by atoms with van der Waals surface area (Å²) in [5.41, 5.74) is 4.99. The van der Waals surface area contributed by atoms with Crippen LogP contribution in [0.2, 0.25) is 0 Å². The Morgan fingerprint density at radius 3 is 2.32 bits per heavy atom. The Balaban J connectivity index is 2.00. The zero-order chi connectivity index (χ0) is 25.1. The molecule has 0 aromatic heterocycles. The third-order valence-corrected chi connectivity index (χ3v) is 4.10. The van der Waals surface area contributed by atoms with E-state index in [1.54, 1.807) is 32.9 Å². The second-order valence-electron chi connectivity index (χ2n) is 8.14. The second kappa shape index (κ2) is 12.2. The highest BCUT2D eigenvalue weighted by Crippen LogP contribution is 2.11. The van der Waals surface area contributed by atoms with Crippen LogP contribution in [0.1, 0.15) is 36.7 Å². The first-order valence-corrected chi connectivity index (χ1v) is 10.4. The molecule has 11 nitrogen and oxygen atoms in total. The van der Waals surface area contributed by atoms with E-state index in [4.69, 9.17) is 14.6 Å². The lowest BCUT2D eigenvalue weighted by molar-refractivity contribution is -0.118. The average Bonchev–Trinajstić information content (AvgIpc) is 2.77. The first-order chi connectivity index (χ1) is 16.0. The fraction of sp³-hybridized carbons (Fsp3) is 0.304. The van der Waals surface area contributed by atoms with Crippen LogP contribution >= 0.6 is 0 Å². The quantitative estimate of drug-likeness (QED) is 0.349. The van der Waals surface area contributed by atoms with Gasteiger partial charge in [0.05, 0.1) is 5.56 Å². The van der Waals surface area contributed by atoms with Crippen LogP contribution in [0.5, 0.6) is 0 Å². The summed E-state index contributed by atoms with van der Waals surface area (Å²) in [7, 11) is 0. The summed E-state index contributed by atoms with van der Waals surface area (Å²) in [5, 5.41) is 14.1. The summed E-state index contributed by atoms with van der Waals surface area (Å²) in [6.07, 6.45) is -1.60. The number of carboxylic acids is 1. The van der Waals surface area contributed by atoms with Crippen LogP contribution in [0.3, 0.4) is 0 Å². The largest absolute Gasteiger partial charge is 0.478 e. The fourth-order valence-electron chi connectivity index (χ4n) is 2.58. The predicted molar refractivity (Wildman–Crippen MR) is 123 cm³/mol. The first-order valence-electron chi connectivity index (χ1n) is 10.4. The number of rotatable bonds is 9. The third kappa shape index (κ3) is 9.57. The molecule has 11 heteroatoms. The van der Waals surface area contributed by atoms with Gasteiger partial charge in [0.2, 0.25) is 5.91 Å². The molecule has 5 N–H and O–H groups in total. The Bertz CT molecular complexity index is 1010. The van der Waals surface area contributed by atoms with Crippen LogP contribution in [0.15, 0.2) is 54.6 Å². The lowest BCUT2D eigenvalue weighted by Gasteiger charge is -2.23. The van der Waals surface area contributed by atoms with Gasteiger partial charge < -0.3 is 25.2 Å². The number of carbonyl (C=O) groups excluding carboxylic acids is 3. The van der Waals surface area contributed by atoms with E-state index in [-0.39, 0.29) is 24.4 Å². The summed E-state index contributed by atoms with van der Waals surface area (Å²) in [4.78, 5) is 48.0. The van der Waals surface area contributed by atoms with Gasteiger partial charge in [-0.1, -0.05) is 36.4 Å². The summed E-state index contributed by atoms with van der Waals surface area (Å²) >= 11 is 0. The molecule has 0 unspecified atom stereocenters. The lowest BCUT2D eigenvalue weighted by atomic mass is 10.2. The Kier molecular flexibility index (Phi) is 9.38. The molecule has 0 heterocycles. The molecule has 34 heavy (non-hydrogen) atoms. The third-order valence-electron chi connectivity index (χ3n) is 4.10. The number of carboxylic acid groups (broad SMARTS) is 1. The van der Waals surface area contributed by atoms with Crippen LogP contribution in [0, 0.1) is 0 Å². The molecule has 3 amide bonds. The molecule has 0 spiro atoms. The number of carbonyl (C=O) groups is 4. The topological polar surface area (TPSA) is 155 Å². The van der Waals surface area contributed by atoms with Gasteiger partial charge in [-0.15, -0.1) is 0 Å². The summed E-state index contributed by atoms with van der Waals surface area (Å²) < 4.78 is 10.2. The molecular formula is C23H28N4O7. The van der Waals surface area contributed by atoms with Crippen LogP contribution in [-0.2, 0) is 20.9 Å². The van der Waals surface area contributed by atoms with E-state index in [0.29, 0.717) is 0 Å². The van der Waals surface area contributed by atoms with Crippen LogP contribution in [0.4, 0.5) is 15.3 Å². The highest BCUT2D eigenvalue weighted by molar-refractivity contribution is 5.97. The van der Waals surface area contributed by atoms with Gasteiger partial charge >= 0.3 is 18.2 Å². The van der Waals surface area contributed by atoms with Crippen LogP contribution in [0.25, 0.3) is 0 Å². The zero-order valence-corrected chi connectivity index (χ0v) is 19.1. The van der Waals surface area contributed by atoms with Gasteiger partial charge in [-0.05, 0) is 44.5 Å². The van der Waals surface area contributed by atoms with Crippen molar-refractivity contribution in [1.82, 2.24) is 16.2 Å². The van der Waals surface area contributed by atoms with E-state index < -0.39 is 35.7 Å². The van der Waals surface area contributed by atoms with Crippen LogP contribution < -0.4 is 21.5 Å². The summed E-state index contributed by atoms with van der Waals surface area (Å²) in [6.45, 7) is 4.81. The Hall–Kier alpha value is -4.12. The Labute approximate surface area is 196 Å². The average molecular weight is 472 g/mol. The molecule has 0 aliphatic carbocycles. The minimum Gasteiger partial charge on any atom is -0.478 e. The number of anilines is 1. The highest BCUT2D eigenvalue weighted by atomic mass is 16.6. The van der Waals surface area contributed by atoms with Gasteiger partial charge in [0, 0.05) is 12.2 Å². The highest BCUT2D eigenvalue weighted by Gasteiger charge is 2.23. The van der Waals surface area contributed by atoms with Gasteiger partial charge in [-0.2, -0.15) is 0 Å². The number of alkyl carbamates (subject to hydrolysis) is 1. The van der Waals surface area contributed by atoms with E-state index in [2.05, 4.69) is 21.5 Å². The van der Waals surface area contributed by atoms with Crippen LogP contribution in [-0.4, -0.2) is 47.4 Å². The number of hydrazine groups is 1. The Morgan fingerprint density at radius 2 is 1.68 bits per heavy atom. The summed E-state index contributed by atoms with van der Waals surface area (Å²) in [6, 6.07) is 13.5. The molecule has 0 fully saturated rings. The van der Waals surface area contributed by atoms with Crippen molar-refractivity contribution in [3.8, 4) is 0 Å². The second-order valence-corrected chi connectivity index (χ2v) is 8.14. The van der Waals surface area contributed by atoms with E-state index in [1.165, 1.54) is 24.3 Å². The zero-order valence-electron chi connectivity index (χ0n) is 19.1. The predicted octanol–water partition coefficient (Wildman–Crippen LogP) is 2.65. The van der Waals surface area contributed by atoms with Crippen molar-refractivity contribution >= 4 is 29.8 Å². The van der Waals surface area contributed by atoms with Gasteiger partial charge in [0.15, 0.2) is 0 Å². The Morgan fingerprint density at radius 1 is 0.971 bits per heavy atom. The van der Waals surface area contributed by atoms with Gasteiger partial charge in [0.1, 0.15) is 18.2 Å². The molecule has 2 rings (SSSR count). The van der Waals surface area contributed by atoms with Crippen molar-refractivity contribution in [3.63, 3.8) is 0 Å². The molecule has 1 atom stereocenters. The SMILES string of the molecule is CC(C)(C)OC(=O)NN[C@H](CNC(=O)OCc1ccccc1)C(=O)Nc1cccc(C(=O)O)c1. The first kappa shape index (κ1) is 26.1. The lowest BCUT2D eigenvalue weighted by Crippen LogP contribution is -2.55. The minimum atomic E-state index is -1.15. The van der Waals surface area contributed by atoms with Gasteiger partial charge in [-0.3, -0.25) is 10.2 Å². The molecule has 0 saturated carbocycles. The van der Waals surface area contributed by atoms with Crippen molar-refractivity contribution in [2.75, 3.05) is 11.9 Å². The molecule has 0 radical (unpaired) electrons. The molecule has 2 aromatic rings. The molecule has 2 aromatic carbocycles. The number of hydrogen-bond acceptors (Lipinski definition) is 7. The number of benzene rings is 2. The van der Waals surface area contributed by atoms with Crippen molar-refractivity contribution in [3.05, 3.63) is 65.7 Å². The maximum absolute atomic E-state index is 12.8. The normalized spacial score (nSPS) is 11.6. The monoisotopic (exact) mass is 472 g/mol. The van der Waals surface area contributed by atoms with Gasteiger partial charge in [0.25, 0.3) is 0 Å². The van der Waals surface area contributed by atoms with Crippen molar-refractivity contribution < 1.29 is 33.8 Å². The maximum Gasteiger partial charge on any atom is 0.422 e. The number of hydrogen-bond donors (Lipinski definition) is 5. The molecule has 0 bridgehead atoms. The standard InChI is InChI=1S/C23H28N4O7/c1-23(2,3)34-22(32)27-26-18(13-24-21(31)33-14-15-8-5-4-6-9-15)19(28)25-17-11-7-10-16(12-17)20(29)30/h4-12,18,26H,13-14H2,1-3H3,(H,24,31)(H,25,28)(H,27,32)(H,29,30)/t18-/m1/s1. The van der Waals surface area contributed by atoms with E-state index in [1.807, 2.05) is 18.2 Å². The van der Waals surface area contributed by atoms with Crippen molar-refractivity contribution in [1.29, 1.82) is 0 Å². The molecule has 182 valence electrons. The number of aromatic carboxylic acids is 1. The molecule has 0 aliphatic rings. The number of amides is 3. The maximum atomic E-state index is 12.8. The van der Waals surface area contributed by atoms with E-state index in [0.717, 1.165) is 5.56 Å². The van der Waals surface area contributed by atoms with Crippen molar-refractivity contribution in [2.24, 2.45) is 0 Å². The molecular weight excluding hydrogens is 444 g/mol. The van der Waals surface area contributed by atoms with E-state index >= 15 is 0 Å². The number of ether oxygens (including phenoxy) is 2. The summed E-state index contributed by atoms with van der Waals surface area (Å²) in [5.74, 6) is -1.80. The smallest absolute Gasteiger partial charge is 0.422 e. The van der Waals surface area contributed by atoms with Gasteiger partial charge in [-0.25, -0.2) is 19.8 Å². The number of nitrogens with one attached hydrogen (secondary N) is 4.